The molecule has 0 aliphatic heterocycles. The summed E-state index contributed by atoms with van der Waals surface area (Å²) in [6, 6.07) is 0. The molecule has 1 amide bonds. The Labute approximate surface area is 89.3 Å². The van der Waals surface area contributed by atoms with Crippen molar-refractivity contribution in [1.82, 2.24) is 5.32 Å². The van der Waals surface area contributed by atoms with Gasteiger partial charge in [0.05, 0.1) is 0 Å². The summed E-state index contributed by atoms with van der Waals surface area (Å²) in [4.78, 5) is 11.3. The molecule has 3 N–H and O–H groups in total. The van der Waals surface area contributed by atoms with Crippen LogP contribution in [0.4, 0.5) is 0 Å². The fraction of sp³-hybridized carbons (Fsp3) is 0.667. The van der Waals surface area contributed by atoms with E-state index in [0.717, 1.165) is 11.5 Å². The molecule has 0 aromatic heterocycles. The van der Waals surface area contributed by atoms with Crippen molar-refractivity contribution in [3.63, 3.8) is 0 Å². The minimum absolute atomic E-state index is 0.144. The van der Waals surface area contributed by atoms with Crippen molar-refractivity contribution in [1.29, 1.82) is 0 Å². The van der Waals surface area contributed by atoms with Gasteiger partial charge in [0.15, 0.2) is 0 Å². The number of methoxy groups -OCH3 is 1. The summed E-state index contributed by atoms with van der Waals surface area (Å²) in [6.45, 7) is 4.45. The van der Waals surface area contributed by atoms with Crippen LogP contribution >= 0.6 is 11.8 Å². The summed E-state index contributed by atoms with van der Waals surface area (Å²) in [6.07, 6.45) is 1.31. The van der Waals surface area contributed by atoms with Gasteiger partial charge in [-0.05, 0) is 0 Å². The van der Waals surface area contributed by atoms with Crippen LogP contribution in [0.3, 0.4) is 0 Å². The molecule has 0 rings (SSSR count). The molecule has 0 saturated carbocycles. The van der Waals surface area contributed by atoms with Gasteiger partial charge >= 0.3 is 0 Å². The third kappa shape index (κ3) is 6.01. The standard InChI is InChI=1S/C9H18N2O2S/c1-3-5-14-6-4-11-9(12)8(7-10)13-2/h3,8H,1,4-7,10H2,2H3,(H,11,12). The maximum atomic E-state index is 11.3. The van der Waals surface area contributed by atoms with Gasteiger partial charge in [-0.25, -0.2) is 0 Å². The molecule has 1 unspecified atom stereocenters. The van der Waals surface area contributed by atoms with Crippen molar-refractivity contribution in [2.75, 3.05) is 31.7 Å². The van der Waals surface area contributed by atoms with E-state index in [-0.39, 0.29) is 12.5 Å². The quantitative estimate of drug-likeness (QED) is 0.444. The molecule has 1 atom stereocenters. The maximum absolute atomic E-state index is 11.3. The van der Waals surface area contributed by atoms with Gasteiger partial charge in [0.25, 0.3) is 0 Å². The topological polar surface area (TPSA) is 64.4 Å². The molecule has 0 heterocycles. The Morgan fingerprint density at radius 3 is 3.00 bits per heavy atom. The number of ether oxygens (including phenoxy) is 1. The van der Waals surface area contributed by atoms with Crippen LogP contribution < -0.4 is 11.1 Å². The lowest BCUT2D eigenvalue weighted by Gasteiger charge is -2.12. The van der Waals surface area contributed by atoms with Gasteiger partial charge in [0.2, 0.25) is 5.91 Å². The largest absolute Gasteiger partial charge is 0.370 e. The van der Waals surface area contributed by atoms with Gasteiger partial charge in [0, 0.05) is 31.7 Å². The van der Waals surface area contributed by atoms with Crippen LogP contribution in [0.2, 0.25) is 0 Å². The second-order valence-corrected chi connectivity index (χ2v) is 3.76. The third-order valence-electron chi connectivity index (χ3n) is 1.57. The van der Waals surface area contributed by atoms with Gasteiger partial charge < -0.3 is 15.8 Å². The van der Waals surface area contributed by atoms with E-state index in [9.17, 15) is 4.79 Å². The Morgan fingerprint density at radius 2 is 2.50 bits per heavy atom. The summed E-state index contributed by atoms with van der Waals surface area (Å²) < 4.78 is 4.88. The lowest BCUT2D eigenvalue weighted by molar-refractivity contribution is -0.130. The first-order valence-electron chi connectivity index (χ1n) is 4.45. The minimum Gasteiger partial charge on any atom is -0.370 e. The van der Waals surface area contributed by atoms with Crippen LogP contribution in [-0.4, -0.2) is 43.7 Å². The second kappa shape index (κ2) is 9.05. The number of hydrogen-bond acceptors (Lipinski definition) is 4. The molecule has 0 radical (unpaired) electrons. The molecule has 14 heavy (non-hydrogen) atoms. The molecular weight excluding hydrogens is 200 g/mol. The number of carbonyl (C=O) groups excluding carboxylic acids is 1. The SMILES string of the molecule is C=CCSCCNC(=O)C(CN)OC. The highest BCUT2D eigenvalue weighted by atomic mass is 32.2. The van der Waals surface area contributed by atoms with E-state index in [2.05, 4.69) is 11.9 Å². The highest BCUT2D eigenvalue weighted by Gasteiger charge is 2.14. The fourth-order valence-electron chi connectivity index (χ4n) is 0.837. The molecule has 4 nitrogen and oxygen atoms in total. The highest BCUT2D eigenvalue weighted by molar-refractivity contribution is 7.99. The zero-order chi connectivity index (χ0) is 10.8. The van der Waals surface area contributed by atoms with Crippen LogP contribution in [-0.2, 0) is 9.53 Å². The van der Waals surface area contributed by atoms with E-state index in [0.29, 0.717) is 6.54 Å². The summed E-state index contributed by atoms with van der Waals surface area (Å²) >= 11 is 1.72. The molecule has 82 valence electrons. The molecule has 0 aliphatic carbocycles. The van der Waals surface area contributed by atoms with Crippen molar-refractivity contribution < 1.29 is 9.53 Å². The van der Waals surface area contributed by atoms with Gasteiger partial charge in [-0.15, -0.1) is 6.58 Å². The van der Waals surface area contributed by atoms with Crippen molar-refractivity contribution in [2.45, 2.75) is 6.10 Å². The number of nitrogens with one attached hydrogen (secondary N) is 1. The molecule has 0 fully saturated rings. The first-order chi connectivity index (χ1) is 6.76. The van der Waals surface area contributed by atoms with Gasteiger partial charge in [-0.1, -0.05) is 6.08 Å². The summed E-state index contributed by atoms with van der Waals surface area (Å²) in [5, 5.41) is 2.74. The molecule has 0 bridgehead atoms. The van der Waals surface area contributed by atoms with Gasteiger partial charge in [-0.3, -0.25) is 4.79 Å². The van der Waals surface area contributed by atoms with Crippen LogP contribution in [0.25, 0.3) is 0 Å². The van der Waals surface area contributed by atoms with Crippen LogP contribution in [0, 0.1) is 0 Å². The third-order valence-corrected chi connectivity index (χ3v) is 2.54. The minimum atomic E-state index is -0.528. The van der Waals surface area contributed by atoms with Crippen LogP contribution in [0.5, 0.6) is 0 Å². The number of carbonyl (C=O) groups is 1. The van der Waals surface area contributed by atoms with Crippen LogP contribution in [0.1, 0.15) is 0 Å². The lowest BCUT2D eigenvalue weighted by atomic mass is 10.3. The van der Waals surface area contributed by atoms with E-state index >= 15 is 0 Å². The van der Waals surface area contributed by atoms with Crippen molar-refractivity contribution in [3.05, 3.63) is 12.7 Å². The smallest absolute Gasteiger partial charge is 0.250 e. The molecule has 0 spiro atoms. The highest BCUT2D eigenvalue weighted by Crippen LogP contribution is 1.97. The van der Waals surface area contributed by atoms with Crippen molar-refractivity contribution >= 4 is 17.7 Å². The molecule has 5 heteroatoms. The number of rotatable bonds is 8. The normalized spacial score (nSPS) is 12.1. The number of nitrogens with two attached hydrogens (primary N) is 1. The average molecular weight is 218 g/mol. The summed E-state index contributed by atoms with van der Waals surface area (Å²) in [7, 11) is 1.48. The van der Waals surface area contributed by atoms with Crippen molar-refractivity contribution in [2.24, 2.45) is 5.73 Å². The Hall–Kier alpha value is -0.520. The average Bonchev–Trinajstić information content (AvgIpc) is 2.19. The first-order valence-corrected chi connectivity index (χ1v) is 5.61. The van der Waals surface area contributed by atoms with Gasteiger partial charge in [-0.2, -0.15) is 11.8 Å². The number of amides is 1. The Bertz CT molecular complexity index is 172. The van der Waals surface area contributed by atoms with Gasteiger partial charge in [0.1, 0.15) is 6.10 Å². The fourth-order valence-corrected chi connectivity index (χ4v) is 1.42. The molecular formula is C9H18N2O2S. The number of thioether (sulfide) groups is 1. The molecule has 0 saturated heterocycles. The van der Waals surface area contributed by atoms with E-state index < -0.39 is 6.10 Å². The van der Waals surface area contributed by atoms with Crippen molar-refractivity contribution in [3.8, 4) is 0 Å². The van der Waals surface area contributed by atoms with E-state index in [4.69, 9.17) is 10.5 Å². The maximum Gasteiger partial charge on any atom is 0.250 e. The second-order valence-electron chi connectivity index (χ2n) is 2.61. The molecule has 0 aromatic rings. The van der Waals surface area contributed by atoms with E-state index in [1.54, 1.807) is 11.8 Å². The monoisotopic (exact) mass is 218 g/mol. The van der Waals surface area contributed by atoms with Crippen LogP contribution in [0.15, 0.2) is 12.7 Å². The lowest BCUT2D eigenvalue weighted by Crippen LogP contribution is -2.41. The Kier molecular flexibility index (Phi) is 8.72. The predicted molar refractivity (Wildman–Crippen MR) is 60.4 cm³/mol. The zero-order valence-corrected chi connectivity index (χ0v) is 9.31. The first kappa shape index (κ1) is 13.5. The van der Waals surface area contributed by atoms with E-state index in [1.807, 2.05) is 6.08 Å². The Morgan fingerprint density at radius 1 is 1.79 bits per heavy atom. The molecule has 0 aromatic carbocycles. The summed E-state index contributed by atoms with van der Waals surface area (Å²) in [5.41, 5.74) is 5.33. The number of hydrogen-bond donors (Lipinski definition) is 2. The predicted octanol–water partition coefficient (Wildman–Crippen LogP) is -0.00450. The van der Waals surface area contributed by atoms with E-state index in [1.165, 1.54) is 7.11 Å². The Balaban J connectivity index is 3.47. The summed E-state index contributed by atoms with van der Waals surface area (Å²) in [5.74, 6) is 1.63. The molecule has 0 aliphatic rings. The zero-order valence-electron chi connectivity index (χ0n) is 8.49.